The third-order valence-corrected chi connectivity index (χ3v) is 3.31. The van der Waals surface area contributed by atoms with Crippen molar-refractivity contribution in [3.63, 3.8) is 0 Å². The molecule has 0 bridgehead atoms. The van der Waals surface area contributed by atoms with Gasteiger partial charge < -0.3 is 10.1 Å². The monoisotopic (exact) mass is 272 g/mol. The van der Waals surface area contributed by atoms with Gasteiger partial charge in [-0.05, 0) is 13.3 Å². The van der Waals surface area contributed by atoms with Crippen LogP contribution < -0.4 is 5.32 Å². The highest BCUT2D eigenvalue weighted by molar-refractivity contribution is 5.51. The molecule has 0 amide bonds. The van der Waals surface area contributed by atoms with E-state index in [2.05, 4.69) is 5.32 Å². The first-order valence-electron chi connectivity index (χ1n) is 5.98. The summed E-state index contributed by atoms with van der Waals surface area (Å²) in [5.41, 5.74) is -0.928. The van der Waals surface area contributed by atoms with Crippen LogP contribution in [0.1, 0.15) is 13.3 Å². The van der Waals surface area contributed by atoms with Gasteiger partial charge in [-0.2, -0.15) is 0 Å². The Morgan fingerprint density at radius 1 is 1.47 bits per heavy atom. The molecule has 1 aromatic carbocycles. The van der Waals surface area contributed by atoms with E-state index in [4.69, 9.17) is 4.74 Å². The average Bonchev–Trinajstić information content (AvgIpc) is 2.73. The lowest BCUT2D eigenvalue weighted by Crippen LogP contribution is -2.21. The number of anilines is 1. The molecule has 104 valence electrons. The zero-order valence-electron chi connectivity index (χ0n) is 10.4. The molecule has 2 unspecified atom stereocenters. The fraction of sp³-hybridized carbons (Fsp3) is 0.500. The van der Waals surface area contributed by atoms with Crippen LogP contribution in [0.5, 0.6) is 0 Å². The molecule has 7 heteroatoms. The van der Waals surface area contributed by atoms with Crippen LogP contribution in [0, 0.1) is 27.7 Å². The highest BCUT2D eigenvalue weighted by atomic mass is 19.1. The van der Waals surface area contributed by atoms with Gasteiger partial charge in [-0.3, -0.25) is 10.1 Å². The molecule has 1 heterocycles. The number of non-ortho nitro benzene ring substituents is 1. The van der Waals surface area contributed by atoms with E-state index >= 15 is 0 Å². The third kappa shape index (κ3) is 2.98. The summed E-state index contributed by atoms with van der Waals surface area (Å²) >= 11 is 0. The van der Waals surface area contributed by atoms with Crippen LogP contribution in [0.4, 0.5) is 20.2 Å². The van der Waals surface area contributed by atoms with Gasteiger partial charge in [-0.15, -0.1) is 0 Å². The molecule has 0 aromatic heterocycles. The average molecular weight is 272 g/mol. The maximum absolute atomic E-state index is 13.6. The number of nitro benzene ring substituents is 1. The van der Waals surface area contributed by atoms with Gasteiger partial charge in [0.1, 0.15) is 5.69 Å². The molecule has 1 saturated heterocycles. The molecule has 0 aliphatic carbocycles. The minimum atomic E-state index is -0.960. The van der Waals surface area contributed by atoms with Gasteiger partial charge in [0.05, 0.1) is 23.2 Å². The fourth-order valence-corrected chi connectivity index (χ4v) is 2.11. The standard InChI is InChI=1S/C12H14F2N2O3/c1-7-8(2-3-19-7)6-15-12-10(13)4-9(16(17)18)5-11(12)14/h4-5,7-8,15H,2-3,6H2,1H3. The summed E-state index contributed by atoms with van der Waals surface area (Å²) in [6.07, 6.45) is 0.862. The molecule has 1 N–H and O–H groups in total. The van der Waals surface area contributed by atoms with Gasteiger partial charge in [0.2, 0.25) is 0 Å². The topological polar surface area (TPSA) is 64.4 Å². The van der Waals surface area contributed by atoms with E-state index in [0.29, 0.717) is 25.3 Å². The number of hydrogen-bond acceptors (Lipinski definition) is 4. The Balaban J connectivity index is 2.10. The van der Waals surface area contributed by atoms with Crippen molar-refractivity contribution in [1.82, 2.24) is 0 Å². The van der Waals surface area contributed by atoms with Crippen molar-refractivity contribution in [2.24, 2.45) is 5.92 Å². The van der Waals surface area contributed by atoms with Gasteiger partial charge in [0, 0.05) is 19.1 Å². The Kier molecular flexibility index (Phi) is 3.94. The predicted molar refractivity (Wildman–Crippen MR) is 65.0 cm³/mol. The third-order valence-electron chi connectivity index (χ3n) is 3.31. The van der Waals surface area contributed by atoms with Crippen molar-refractivity contribution in [3.8, 4) is 0 Å². The molecule has 1 fully saturated rings. The van der Waals surface area contributed by atoms with Crippen LogP contribution in [0.15, 0.2) is 12.1 Å². The van der Waals surface area contributed by atoms with Crippen LogP contribution in [0.2, 0.25) is 0 Å². The second-order valence-corrected chi connectivity index (χ2v) is 4.55. The van der Waals surface area contributed by atoms with E-state index in [1.54, 1.807) is 0 Å². The SMILES string of the molecule is CC1OCCC1CNc1c(F)cc([N+](=O)[O-])cc1F. The zero-order valence-corrected chi connectivity index (χ0v) is 10.4. The highest BCUT2D eigenvalue weighted by Gasteiger charge is 2.25. The Labute approximate surface area is 108 Å². The second kappa shape index (κ2) is 5.48. The lowest BCUT2D eigenvalue weighted by atomic mass is 10.0. The molecule has 1 aromatic rings. The minimum absolute atomic E-state index is 0.0386. The summed E-state index contributed by atoms with van der Waals surface area (Å²) in [7, 11) is 0. The molecule has 0 spiro atoms. The first-order chi connectivity index (χ1) is 8.99. The normalized spacial score (nSPS) is 22.5. The Bertz CT molecular complexity index is 473. The largest absolute Gasteiger partial charge is 0.380 e. The van der Waals surface area contributed by atoms with E-state index in [-0.39, 0.29) is 17.7 Å². The molecule has 0 radical (unpaired) electrons. The summed E-state index contributed by atoms with van der Waals surface area (Å²) < 4.78 is 32.6. The van der Waals surface area contributed by atoms with Gasteiger partial charge in [-0.1, -0.05) is 0 Å². The van der Waals surface area contributed by atoms with Crippen molar-refractivity contribution >= 4 is 11.4 Å². The number of nitro groups is 1. The number of halogens is 2. The minimum Gasteiger partial charge on any atom is -0.380 e. The molecule has 1 aliphatic rings. The van der Waals surface area contributed by atoms with Crippen molar-refractivity contribution in [2.75, 3.05) is 18.5 Å². The van der Waals surface area contributed by atoms with E-state index in [0.717, 1.165) is 6.42 Å². The van der Waals surface area contributed by atoms with E-state index in [1.807, 2.05) is 6.92 Å². The van der Waals surface area contributed by atoms with Crippen molar-refractivity contribution in [2.45, 2.75) is 19.4 Å². The second-order valence-electron chi connectivity index (χ2n) is 4.55. The summed E-state index contributed by atoms with van der Waals surface area (Å²) in [6, 6.07) is 1.42. The van der Waals surface area contributed by atoms with Gasteiger partial charge >= 0.3 is 0 Å². The molecule has 0 saturated carbocycles. The van der Waals surface area contributed by atoms with Gasteiger partial charge in [-0.25, -0.2) is 8.78 Å². The number of ether oxygens (including phenoxy) is 1. The number of hydrogen-bond donors (Lipinski definition) is 1. The van der Waals surface area contributed by atoms with Crippen LogP contribution in [0.25, 0.3) is 0 Å². The van der Waals surface area contributed by atoms with Crippen molar-refractivity contribution in [3.05, 3.63) is 33.9 Å². The maximum atomic E-state index is 13.6. The molecule has 1 aliphatic heterocycles. The Hall–Kier alpha value is -1.76. The van der Waals surface area contributed by atoms with Crippen LogP contribution in [-0.4, -0.2) is 24.2 Å². The summed E-state index contributed by atoms with van der Waals surface area (Å²) in [5, 5.41) is 13.1. The highest BCUT2D eigenvalue weighted by Crippen LogP contribution is 2.26. The first-order valence-corrected chi connectivity index (χ1v) is 5.98. The number of nitrogens with one attached hydrogen (secondary N) is 1. The summed E-state index contributed by atoms with van der Waals surface area (Å²) in [4.78, 5) is 9.63. The summed E-state index contributed by atoms with van der Waals surface area (Å²) in [6.45, 7) is 2.91. The quantitative estimate of drug-likeness (QED) is 0.676. The van der Waals surface area contributed by atoms with Crippen LogP contribution >= 0.6 is 0 Å². The molecular weight excluding hydrogens is 258 g/mol. The molecule has 19 heavy (non-hydrogen) atoms. The lowest BCUT2D eigenvalue weighted by molar-refractivity contribution is -0.385. The molecule has 2 atom stereocenters. The first kappa shape index (κ1) is 13.7. The Morgan fingerprint density at radius 3 is 2.58 bits per heavy atom. The number of nitrogens with zero attached hydrogens (tertiary/aromatic N) is 1. The molecule has 2 rings (SSSR count). The van der Waals surface area contributed by atoms with Crippen LogP contribution in [0.3, 0.4) is 0 Å². The van der Waals surface area contributed by atoms with Crippen LogP contribution in [-0.2, 0) is 4.74 Å². The van der Waals surface area contributed by atoms with E-state index in [1.165, 1.54) is 0 Å². The van der Waals surface area contributed by atoms with Crippen molar-refractivity contribution in [1.29, 1.82) is 0 Å². The number of benzene rings is 1. The zero-order chi connectivity index (χ0) is 14.0. The summed E-state index contributed by atoms with van der Waals surface area (Å²) in [5.74, 6) is -1.74. The lowest BCUT2D eigenvalue weighted by Gasteiger charge is -2.16. The molecule has 5 nitrogen and oxygen atoms in total. The fourth-order valence-electron chi connectivity index (χ4n) is 2.11. The smallest absolute Gasteiger partial charge is 0.275 e. The number of rotatable bonds is 4. The van der Waals surface area contributed by atoms with E-state index < -0.39 is 22.2 Å². The van der Waals surface area contributed by atoms with Gasteiger partial charge in [0.15, 0.2) is 11.6 Å². The molecular formula is C12H14F2N2O3. The van der Waals surface area contributed by atoms with Gasteiger partial charge in [0.25, 0.3) is 5.69 Å². The maximum Gasteiger partial charge on any atom is 0.275 e. The Morgan fingerprint density at radius 2 is 2.11 bits per heavy atom. The van der Waals surface area contributed by atoms with E-state index in [9.17, 15) is 18.9 Å². The predicted octanol–water partition coefficient (Wildman–Crippen LogP) is 2.71. The van der Waals surface area contributed by atoms with Crippen molar-refractivity contribution < 1.29 is 18.4 Å².